The summed E-state index contributed by atoms with van der Waals surface area (Å²) in [6, 6.07) is 65.9. The third kappa shape index (κ3) is 17.5. The number of aryl methyl sites for hydroxylation is 4. The van der Waals surface area contributed by atoms with Crippen molar-refractivity contribution in [3.05, 3.63) is 265 Å². The molecule has 4 heterocycles. The SMILES string of the molecule is Cc1ccccc1-n1ccnc1-c1[c-]c(Oc2[c-]c(-c3nccn3-c3ccccc3C)ccc2)ccc1.Cc1ccccc1-n1ccnc1-c1cccc(Oc2cccc(-c3nccn3-c3c(C)cccc3C(C)C)c2)c1.[Cl][Pt]([Cl])([Cl])[Cl].[K][K].[Pt+2]. The van der Waals surface area contributed by atoms with Crippen LogP contribution in [-0.4, -0.2) is 101 Å². The molecule has 12 aromatic rings. The molecular formula is C67H56Cl4K2N8O2Pt2. The Balaban J connectivity index is 0.000000198. The Bertz CT molecular complexity index is 4030. The quantitative estimate of drug-likeness (QED) is 0.0844. The van der Waals surface area contributed by atoms with Crippen molar-refractivity contribution in [1.82, 2.24) is 38.2 Å². The van der Waals surface area contributed by atoms with Gasteiger partial charge in [0, 0.05) is 89.3 Å². The van der Waals surface area contributed by atoms with Crippen molar-refractivity contribution in [1.29, 1.82) is 0 Å². The standard InChI is InChI=1S/C35H32N4O.C32H24N4O.4ClH.2K.2Pt/c1-24(2)31-16-7-11-26(4)33(31)39-21-19-37-35(39)28-13-9-15-30(23-28)40-29-14-8-12-27(22-29)34-36-18-20-38(34)32-17-6-5-10-25(32)3;1-23-9-3-5-15-29(23)35-19-17-33-31(35)25-11-7-13-27(21-25)37-28-14-8-12-26(22-28)32-34-18-20-36(32)30-16-6-4-10-24(30)2;;;;;;;;/h5-24H,1-4H3;3-20H,1-2H3;4*1H;;;;/q;-2;;;;;;;+2;+4/p-4. The van der Waals surface area contributed by atoms with Crippen LogP contribution in [0.15, 0.2) is 225 Å². The van der Waals surface area contributed by atoms with E-state index in [0.29, 0.717) is 17.4 Å². The van der Waals surface area contributed by atoms with Crippen LogP contribution in [0.25, 0.3) is 68.3 Å². The summed E-state index contributed by atoms with van der Waals surface area (Å²) in [4.78, 5) is 18.6. The number of hydrogen-bond acceptors (Lipinski definition) is 6. The van der Waals surface area contributed by atoms with E-state index >= 15 is 0 Å². The van der Waals surface area contributed by atoms with Crippen LogP contribution in [0.3, 0.4) is 0 Å². The number of para-hydroxylation sites is 4. The van der Waals surface area contributed by atoms with Gasteiger partial charge in [-0.15, -0.1) is 47.5 Å². The molecule has 0 radical (unpaired) electrons. The van der Waals surface area contributed by atoms with E-state index in [4.69, 9.17) is 52.1 Å². The van der Waals surface area contributed by atoms with E-state index in [0.717, 1.165) is 74.1 Å². The second kappa shape index (κ2) is 32.0. The molecule has 0 aliphatic rings. The summed E-state index contributed by atoms with van der Waals surface area (Å²) in [5.74, 6) is 6.44. The zero-order valence-corrected chi connectivity index (χ0v) is 61.8. The van der Waals surface area contributed by atoms with Crippen molar-refractivity contribution in [2.45, 2.75) is 47.5 Å². The summed E-state index contributed by atoms with van der Waals surface area (Å²) in [6.45, 7) is 12.9. The van der Waals surface area contributed by atoms with Gasteiger partial charge in [0.1, 0.15) is 23.1 Å². The van der Waals surface area contributed by atoms with Gasteiger partial charge in [0.05, 0.1) is 17.3 Å². The van der Waals surface area contributed by atoms with Crippen LogP contribution >= 0.6 is 37.7 Å². The molecular weight excluding hydrogens is 1560 g/mol. The van der Waals surface area contributed by atoms with Gasteiger partial charge in [-0.05, 0) is 104 Å². The predicted molar refractivity (Wildman–Crippen MR) is 342 cm³/mol. The summed E-state index contributed by atoms with van der Waals surface area (Å²) in [6.07, 6.45) is 15.3. The van der Waals surface area contributed by atoms with E-state index in [1.54, 1.807) is 12.4 Å². The first-order valence-corrected chi connectivity index (χ1v) is 54.4. The maximum atomic E-state index is 6.38. The molecule has 8 aromatic carbocycles. The Labute approximate surface area is 576 Å². The van der Waals surface area contributed by atoms with E-state index in [-0.39, 0.29) is 21.1 Å². The number of benzene rings is 8. The molecule has 0 spiro atoms. The average Bonchev–Trinajstić information content (AvgIpc) is 4.55. The van der Waals surface area contributed by atoms with Gasteiger partial charge in [-0.3, -0.25) is 19.1 Å². The van der Waals surface area contributed by atoms with Crippen molar-refractivity contribution < 1.29 is 42.4 Å². The molecule has 0 N–H and O–H groups in total. The molecule has 426 valence electrons. The molecule has 85 heavy (non-hydrogen) atoms. The van der Waals surface area contributed by atoms with Gasteiger partial charge in [0.25, 0.3) is 0 Å². The average molecular weight is 1620 g/mol. The zero-order chi connectivity index (χ0) is 59.3. The summed E-state index contributed by atoms with van der Waals surface area (Å²) in [7, 11) is 20.0. The van der Waals surface area contributed by atoms with Gasteiger partial charge in [-0.1, -0.05) is 123 Å². The largest absolute Gasteiger partial charge is 2.00 e. The van der Waals surface area contributed by atoms with Crippen LogP contribution in [0.5, 0.6) is 23.0 Å². The minimum atomic E-state index is -3.06. The molecule has 0 saturated carbocycles. The van der Waals surface area contributed by atoms with Crippen LogP contribution in [-0.2, 0) is 33.0 Å². The predicted octanol–water partition coefficient (Wildman–Crippen LogP) is 18.3. The molecule has 4 aromatic heterocycles. The summed E-state index contributed by atoms with van der Waals surface area (Å²) < 4.78 is 21.0. The Morgan fingerprint density at radius 2 is 0.776 bits per heavy atom. The van der Waals surface area contributed by atoms with Crippen LogP contribution in [0.2, 0.25) is 0 Å². The fourth-order valence-corrected chi connectivity index (χ4v) is 9.71. The number of aromatic nitrogens is 8. The molecule has 0 aliphatic carbocycles. The normalized spacial score (nSPS) is 11.0. The minimum Gasteiger partial charge on any atom is 2.00 e. The van der Waals surface area contributed by atoms with Crippen molar-refractivity contribution in [3.63, 3.8) is 0 Å². The molecule has 0 amide bonds. The monoisotopic (exact) mass is 1610 g/mol. The third-order valence-electron chi connectivity index (χ3n) is 13.5. The first kappa shape index (κ1) is 67.0. The van der Waals surface area contributed by atoms with Gasteiger partial charge in [0.15, 0.2) is 0 Å². The topological polar surface area (TPSA) is 89.7 Å². The van der Waals surface area contributed by atoms with E-state index in [1.807, 2.05) is 140 Å². The molecule has 10 nitrogen and oxygen atoms in total. The Morgan fingerprint density at radius 1 is 0.424 bits per heavy atom. The van der Waals surface area contributed by atoms with Crippen LogP contribution in [0.4, 0.5) is 0 Å². The summed E-state index contributed by atoms with van der Waals surface area (Å²) in [5, 5.41) is 0. The van der Waals surface area contributed by atoms with Gasteiger partial charge < -0.3 is 18.6 Å². The molecule has 0 unspecified atom stereocenters. The molecule has 12 rings (SSSR count). The number of imidazole rings is 4. The van der Waals surface area contributed by atoms with Gasteiger partial charge >= 0.3 is 134 Å². The second-order valence-corrected chi connectivity index (χ2v) is 39.1. The van der Waals surface area contributed by atoms with E-state index in [9.17, 15) is 0 Å². The van der Waals surface area contributed by atoms with Crippen LogP contribution in [0, 0.1) is 39.8 Å². The molecule has 0 saturated heterocycles. The molecule has 18 heteroatoms. The number of hydrogen-bond donors (Lipinski definition) is 0. The maximum absolute atomic E-state index is 6.38. The first-order valence-electron chi connectivity index (χ1n) is 27.2. The van der Waals surface area contributed by atoms with Gasteiger partial charge in [-0.2, -0.15) is 0 Å². The van der Waals surface area contributed by atoms with E-state index in [1.165, 1.54) is 96.7 Å². The Morgan fingerprint density at radius 3 is 1.20 bits per heavy atom. The number of halogens is 4. The van der Waals surface area contributed by atoms with Crippen molar-refractivity contribution in [2.75, 3.05) is 0 Å². The van der Waals surface area contributed by atoms with Crippen LogP contribution in [0.1, 0.15) is 47.6 Å². The maximum Gasteiger partial charge on any atom is 2.00 e. The Kier molecular flexibility index (Phi) is 25.2. The smallest absolute Gasteiger partial charge is 2.00 e. The number of nitrogens with zero attached hydrogens (tertiary/aromatic N) is 8. The van der Waals surface area contributed by atoms with Crippen LogP contribution < -0.4 is 9.47 Å². The van der Waals surface area contributed by atoms with E-state index in [2.05, 4.69) is 160 Å². The second-order valence-electron chi connectivity index (χ2n) is 19.4. The van der Waals surface area contributed by atoms with E-state index < -0.39 is 11.9 Å². The molecule has 0 fully saturated rings. The summed E-state index contributed by atoms with van der Waals surface area (Å²) >= 11 is -0.556. The fraction of sp³-hybridized carbons (Fsp3) is 0.104. The Hall–Kier alpha value is -3.99. The zero-order valence-electron chi connectivity index (χ0n) is 48.0. The number of rotatable bonds is 13. The number of ether oxygens (including phenoxy) is 2. The summed E-state index contributed by atoms with van der Waals surface area (Å²) in [5.41, 5.74) is 14.2. The first-order chi connectivity index (χ1) is 40.7. The van der Waals surface area contributed by atoms with Gasteiger partial charge in [-0.25, -0.2) is 9.97 Å². The van der Waals surface area contributed by atoms with Crippen molar-refractivity contribution in [2.24, 2.45) is 0 Å². The molecule has 0 atom stereocenters. The molecule has 0 aliphatic heterocycles. The van der Waals surface area contributed by atoms with Crippen molar-refractivity contribution >= 4 is 101 Å². The molecule has 0 bridgehead atoms. The third-order valence-corrected chi connectivity index (χ3v) is 13.5. The minimum absolute atomic E-state index is 0. The van der Waals surface area contributed by atoms with Gasteiger partial charge in [0.2, 0.25) is 0 Å². The van der Waals surface area contributed by atoms with Crippen molar-refractivity contribution in [3.8, 4) is 91.3 Å². The fourth-order valence-electron chi connectivity index (χ4n) is 9.71.